The molecule has 0 saturated carbocycles. The van der Waals surface area contributed by atoms with Crippen LogP contribution in [0.4, 0.5) is 5.69 Å². The van der Waals surface area contributed by atoms with Gasteiger partial charge in [-0.05, 0) is 42.5 Å². The summed E-state index contributed by atoms with van der Waals surface area (Å²) in [6.45, 7) is 1.21. The minimum absolute atomic E-state index is 0.545. The van der Waals surface area contributed by atoms with E-state index in [0.717, 1.165) is 17.2 Å². The molecule has 2 aromatic carbocycles. The van der Waals surface area contributed by atoms with E-state index in [1.807, 2.05) is 42.5 Å². The zero-order valence-electron chi connectivity index (χ0n) is 11.3. The maximum Gasteiger partial charge on any atom is 0.119 e. The summed E-state index contributed by atoms with van der Waals surface area (Å²) in [6.07, 6.45) is 0. The normalized spacial score (nSPS) is 9.60. The second kappa shape index (κ2) is 7.05. The molecule has 4 nitrogen and oxygen atoms in total. The van der Waals surface area contributed by atoms with Crippen molar-refractivity contribution in [3.8, 4) is 17.6 Å². The van der Waals surface area contributed by atoms with Gasteiger partial charge in [-0.2, -0.15) is 5.26 Å². The fraction of sp³-hybridized carbons (Fsp3) is 0.188. The summed E-state index contributed by atoms with van der Waals surface area (Å²) < 4.78 is 10.7. The predicted molar refractivity (Wildman–Crippen MR) is 78.1 cm³/mol. The molecular formula is C16H16N2O2. The SMILES string of the molecule is COc1ccc(OCCNc2cccc(C#N)c2)cc1. The van der Waals surface area contributed by atoms with Gasteiger partial charge >= 0.3 is 0 Å². The molecular weight excluding hydrogens is 252 g/mol. The number of hydrogen-bond acceptors (Lipinski definition) is 4. The Labute approximate surface area is 118 Å². The van der Waals surface area contributed by atoms with Crippen LogP contribution in [0.3, 0.4) is 0 Å². The van der Waals surface area contributed by atoms with Crippen LogP contribution < -0.4 is 14.8 Å². The average Bonchev–Trinajstić information content (AvgIpc) is 2.52. The van der Waals surface area contributed by atoms with E-state index in [1.165, 1.54) is 0 Å². The van der Waals surface area contributed by atoms with Crippen LogP contribution in [0.25, 0.3) is 0 Å². The Bertz CT molecular complexity index is 588. The van der Waals surface area contributed by atoms with Crippen molar-refractivity contribution >= 4 is 5.69 Å². The first-order valence-electron chi connectivity index (χ1n) is 6.33. The quantitative estimate of drug-likeness (QED) is 0.818. The number of nitrogens with one attached hydrogen (secondary N) is 1. The summed E-state index contributed by atoms with van der Waals surface area (Å²) in [4.78, 5) is 0. The lowest BCUT2D eigenvalue weighted by atomic mass is 10.2. The zero-order chi connectivity index (χ0) is 14.2. The Balaban J connectivity index is 1.77. The monoisotopic (exact) mass is 268 g/mol. The van der Waals surface area contributed by atoms with Gasteiger partial charge in [0.25, 0.3) is 0 Å². The minimum atomic E-state index is 0.545. The van der Waals surface area contributed by atoms with Gasteiger partial charge in [-0.1, -0.05) is 6.07 Å². The third-order valence-electron chi connectivity index (χ3n) is 2.75. The fourth-order valence-electron chi connectivity index (χ4n) is 1.73. The lowest BCUT2D eigenvalue weighted by Gasteiger charge is -2.09. The number of ether oxygens (including phenoxy) is 2. The molecule has 102 valence electrons. The van der Waals surface area contributed by atoms with Gasteiger partial charge in [0.2, 0.25) is 0 Å². The Kier molecular flexibility index (Phi) is 4.85. The molecule has 0 aliphatic carbocycles. The maximum absolute atomic E-state index is 8.81. The van der Waals surface area contributed by atoms with Crippen molar-refractivity contribution in [2.45, 2.75) is 0 Å². The summed E-state index contributed by atoms with van der Waals surface area (Å²) in [5.41, 5.74) is 1.56. The predicted octanol–water partition coefficient (Wildman–Crippen LogP) is 3.06. The van der Waals surface area contributed by atoms with E-state index < -0.39 is 0 Å². The fourth-order valence-corrected chi connectivity index (χ4v) is 1.73. The third-order valence-corrected chi connectivity index (χ3v) is 2.75. The zero-order valence-corrected chi connectivity index (χ0v) is 11.3. The number of methoxy groups -OCH3 is 1. The smallest absolute Gasteiger partial charge is 0.119 e. The van der Waals surface area contributed by atoms with Gasteiger partial charge in [0.05, 0.1) is 18.7 Å². The first-order valence-corrected chi connectivity index (χ1v) is 6.33. The topological polar surface area (TPSA) is 54.3 Å². The molecule has 0 saturated heterocycles. The van der Waals surface area contributed by atoms with E-state index in [1.54, 1.807) is 13.2 Å². The number of anilines is 1. The Morgan fingerprint density at radius 1 is 1.10 bits per heavy atom. The van der Waals surface area contributed by atoms with Crippen LogP contribution in [-0.2, 0) is 0 Å². The molecule has 0 amide bonds. The Hall–Kier alpha value is -2.67. The maximum atomic E-state index is 8.81. The van der Waals surface area contributed by atoms with Gasteiger partial charge in [0, 0.05) is 12.2 Å². The van der Waals surface area contributed by atoms with Crippen LogP contribution in [-0.4, -0.2) is 20.3 Å². The Morgan fingerprint density at radius 3 is 2.55 bits per heavy atom. The lowest BCUT2D eigenvalue weighted by Crippen LogP contribution is -2.11. The van der Waals surface area contributed by atoms with Crippen LogP contribution >= 0.6 is 0 Å². The number of rotatable bonds is 6. The van der Waals surface area contributed by atoms with Crippen LogP contribution in [0.1, 0.15) is 5.56 Å². The molecule has 0 fully saturated rings. The molecule has 0 aromatic heterocycles. The molecule has 20 heavy (non-hydrogen) atoms. The second-order valence-corrected chi connectivity index (χ2v) is 4.14. The highest BCUT2D eigenvalue weighted by Crippen LogP contribution is 2.16. The largest absolute Gasteiger partial charge is 0.497 e. The van der Waals surface area contributed by atoms with E-state index in [-0.39, 0.29) is 0 Å². The van der Waals surface area contributed by atoms with Crippen molar-refractivity contribution in [3.05, 3.63) is 54.1 Å². The molecule has 0 aliphatic heterocycles. The first-order chi connectivity index (χ1) is 9.81. The summed E-state index contributed by atoms with van der Waals surface area (Å²) >= 11 is 0. The van der Waals surface area contributed by atoms with Gasteiger partial charge in [-0.15, -0.1) is 0 Å². The summed E-state index contributed by atoms with van der Waals surface area (Å²) in [5.74, 6) is 1.61. The van der Waals surface area contributed by atoms with Crippen molar-refractivity contribution in [2.24, 2.45) is 0 Å². The molecule has 2 rings (SSSR count). The van der Waals surface area contributed by atoms with Gasteiger partial charge < -0.3 is 14.8 Å². The van der Waals surface area contributed by atoms with E-state index in [4.69, 9.17) is 14.7 Å². The molecule has 0 spiro atoms. The number of nitriles is 1. The minimum Gasteiger partial charge on any atom is -0.497 e. The van der Waals surface area contributed by atoms with Crippen LogP contribution in [0.15, 0.2) is 48.5 Å². The van der Waals surface area contributed by atoms with Crippen molar-refractivity contribution in [1.29, 1.82) is 5.26 Å². The summed E-state index contributed by atoms with van der Waals surface area (Å²) in [5, 5.41) is 12.0. The van der Waals surface area contributed by atoms with Crippen LogP contribution in [0, 0.1) is 11.3 Å². The molecule has 0 bridgehead atoms. The molecule has 4 heteroatoms. The number of hydrogen-bond donors (Lipinski definition) is 1. The lowest BCUT2D eigenvalue weighted by molar-refractivity contribution is 0.332. The van der Waals surface area contributed by atoms with Crippen molar-refractivity contribution in [2.75, 3.05) is 25.6 Å². The number of benzene rings is 2. The van der Waals surface area contributed by atoms with E-state index in [2.05, 4.69) is 11.4 Å². The van der Waals surface area contributed by atoms with Crippen molar-refractivity contribution in [3.63, 3.8) is 0 Å². The van der Waals surface area contributed by atoms with Gasteiger partial charge in [0.15, 0.2) is 0 Å². The van der Waals surface area contributed by atoms with Crippen LogP contribution in [0.2, 0.25) is 0 Å². The average molecular weight is 268 g/mol. The highest BCUT2D eigenvalue weighted by atomic mass is 16.5. The third kappa shape index (κ3) is 3.92. The first kappa shape index (κ1) is 13.8. The van der Waals surface area contributed by atoms with Crippen LogP contribution in [0.5, 0.6) is 11.5 Å². The molecule has 0 radical (unpaired) electrons. The molecule has 0 aliphatic rings. The van der Waals surface area contributed by atoms with E-state index in [0.29, 0.717) is 18.7 Å². The highest BCUT2D eigenvalue weighted by Gasteiger charge is 1.96. The standard InChI is InChI=1S/C16H16N2O2/c1-19-15-5-7-16(8-6-15)20-10-9-18-14-4-2-3-13(11-14)12-17/h2-8,11,18H,9-10H2,1H3. The van der Waals surface area contributed by atoms with Gasteiger partial charge in [0.1, 0.15) is 18.1 Å². The summed E-state index contributed by atoms with van der Waals surface area (Å²) in [7, 11) is 1.63. The van der Waals surface area contributed by atoms with E-state index >= 15 is 0 Å². The molecule has 1 N–H and O–H groups in total. The molecule has 2 aromatic rings. The molecule has 0 atom stereocenters. The van der Waals surface area contributed by atoms with Gasteiger partial charge in [-0.3, -0.25) is 0 Å². The molecule has 0 unspecified atom stereocenters. The summed E-state index contributed by atoms with van der Waals surface area (Å²) in [6, 6.07) is 16.9. The highest BCUT2D eigenvalue weighted by molar-refractivity contribution is 5.49. The van der Waals surface area contributed by atoms with E-state index in [9.17, 15) is 0 Å². The molecule has 0 heterocycles. The Morgan fingerprint density at radius 2 is 1.85 bits per heavy atom. The number of nitrogens with zero attached hydrogens (tertiary/aromatic N) is 1. The second-order valence-electron chi connectivity index (χ2n) is 4.14. The van der Waals surface area contributed by atoms with Crippen molar-refractivity contribution < 1.29 is 9.47 Å². The van der Waals surface area contributed by atoms with Gasteiger partial charge in [-0.25, -0.2) is 0 Å². The van der Waals surface area contributed by atoms with Crippen molar-refractivity contribution in [1.82, 2.24) is 0 Å².